The van der Waals surface area contributed by atoms with Crippen LogP contribution < -0.4 is 5.73 Å². The average Bonchev–Trinajstić information content (AvgIpc) is 2.36. The second-order valence-electron chi connectivity index (χ2n) is 1.92. The number of hydrogen-bond acceptors (Lipinski definition) is 3. The van der Waals surface area contributed by atoms with Crippen molar-refractivity contribution in [1.82, 2.24) is 0 Å². The highest BCUT2D eigenvalue weighted by Crippen LogP contribution is 2.28. The van der Waals surface area contributed by atoms with E-state index in [0.717, 1.165) is 0 Å². The first-order chi connectivity index (χ1) is 5.25. The molecule has 1 rings (SSSR count). The number of nitrogens with two attached hydrogens (primary N) is 1. The number of anilines is 1. The molecule has 0 radical (unpaired) electrons. The van der Waals surface area contributed by atoms with Crippen LogP contribution in [0.3, 0.4) is 0 Å². The molecule has 0 spiro atoms. The fraction of sp³-hybridized carbons (Fsp3) is 0.286. The number of hydrogen-bond donors (Lipinski definition) is 1. The Kier molecular flexibility index (Phi) is 2.48. The Hall–Kier alpha value is -1.03. The van der Waals surface area contributed by atoms with Crippen LogP contribution in [0, 0.1) is 0 Å². The predicted octanol–water partition coefficient (Wildman–Crippen LogP) is 2.02. The average molecular weight is 172 g/mol. The summed E-state index contributed by atoms with van der Waals surface area (Å²) in [4.78, 5) is 11.1. The number of rotatable bonds is 2. The monoisotopic (exact) mass is 172 g/mol. The van der Waals surface area contributed by atoms with Gasteiger partial charge in [0, 0.05) is 6.07 Å². The molecule has 1 aromatic rings. The van der Waals surface area contributed by atoms with Crippen LogP contribution in [-0.2, 0) is 4.74 Å². The number of thiophene rings is 1. The van der Waals surface area contributed by atoms with E-state index >= 15 is 0 Å². The summed E-state index contributed by atoms with van der Waals surface area (Å²) in [6, 6.07) is 3.50. The normalized spacial score (nSPS) is 11.2. The molecule has 3 nitrogen and oxygen atoms in total. The molecule has 0 saturated carbocycles. The van der Waals surface area contributed by atoms with Gasteiger partial charge in [-0.15, -0.1) is 0 Å². The van der Waals surface area contributed by atoms with Crippen molar-refractivity contribution in [2.24, 2.45) is 0 Å². The highest BCUT2D eigenvalue weighted by molar-refractivity contribution is 7.52. The van der Waals surface area contributed by atoms with Gasteiger partial charge in [-0.3, -0.25) is 0 Å². The Bertz CT molecular complexity index is 257. The summed E-state index contributed by atoms with van der Waals surface area (Å²) in [5, 5.41) is 2.10. The van der Waals surface area contributed by atoms with Crippen LogP contribution in [0.15, 0.2) is 17.5 Å². The largest absolute Gasteiger partial charge is 0.556 e. The van der Waals surface area contributed by atoms with Gasteiger partial charge in [0.05, 0.1) is 6.61 Å². The van der Waals surface area contributed by atoms with Gasteiger partial charge in [-0.05, 0) is 13.0 Å². The molecule has 1 unspecified atom stereocenters. The lowest BCUT2D eigenvalue weighted by Crippen LogP contribution is -1.97. The molecule has 1 atom stereocenters. The Balaban J connectivity index is 2.76. The molecule has 11 heavy (non-hydrogen) atoms. The minimum Gasteiger partial charge on any atom is -0.422 e. The van der Waals surface area contributed by atoms with E-state index in [0.29, 0.717) is 11.6 Å². The highest BCUT2D eigenvalue weighted by Gasteiger charge is 2.21. The molecule has 1 heterocycles. The van der Waals surface area contributed by atoms with Crippen molar-refractivity contribution in [3.8, 4) is 0 Å². The van der Waals surface area contributed by atoms with Gasteiger partial charge in [0.25, 0.3) is 0 Å². The minimum absolute atomic E-state index is 0.241. The molecule has 0 aliphatic heterocycles. The van der Waals surface area contributed by atoms with Crippen LogP contribution in [0.4, 0.5) is 9.80 Å². The molecule has 60 valence electrons. The van der Waals surface area contributed by atoms with Crippen molar-refractivity contribution < 1.29 is 9.53 Å². The first kappa shape index (κ1) is 8.07. The van der Waals surface area contributed by atoms with Crippen LogP contribution in [0.25, 0.3) is 0 Å². The Morgan fingerprint density at radius 1 is 1.82 bits per heavy atom. The summed E-state index contributed by atoms with van der Waals surface area (Å²) in [5.74, 6) is 0. The molecule has 0 fully saturated rings. The number of carbonyl (C=O) groups excluding carboxylic acids is 1. The summed E-state index contributed by atoms with van der Waals surface area (Å²) in [6.45, 7) is 2.18. The third-order valence-electron chi connectivity index (χ3n) is 1.17. The van der Waals surface area contributed by atoms with Gasteiger partial charge >= 0.3 is 5.30 Å². The first-order valence-electron chi connectivity index (χ1n) is 3.29. The summed E-state index contributed by atoms with van der Waals surface area (Å²) < 4.78 is 4.80. The van der Waals surface area contributed by atoms with Crippen molar-refractivity contribution in [2.45, 2.75) is 6.92 Å². The fourth-order valence-electron chi connectivity index (χ4n) is 0.698. The van der Waals surface area contributed by atoms with Crippen molar-refractivity contribution >= 4 is 20.8 Å². The van der Waals surface area contributed by atoms with Crippen LogP contribution in [0.2, 0.25) is 0 Å². The van der Waals surface area contributed by atoms with E-state index in [9.17, 15) is 4.79 Å². The maximum absolute atomic E-state index is 11.1. The SMILES string of the molecule is CCOC(=O)[s+]1cccc1N. The standard InChI is InChI=1S/C7H10NO2S/c1-2-10-7(9)11-5-3-4-6(11)8/h3-5H,2,8H2,1H3/q+1. The van der Waals surface area contributed by atoms with Gasteiger partial charge < -0.3 is 10.5 Å². The van der Waals surface area contributed by atoms with E-state index in [4.69, 9.17) is 10.5 Å². The molecule has 0 amide bonds. The highest BCUT2D eigenvalue weighted by atomic mass is 32.2. The van der Waals surface area contributed by atoms with Crippen LogP contribution in [0.5, 0.6) is 0 Å². The van der Waals surface area contributed by atoms with Gasteiger partial charge in [0.1, 0.15) is 10.5 Å². The summed E-state index contributed by atoms with van der Waals surface area (Å²) in [6.07, 6.45) is 0. The van der Waals surface area contributed by atoms with Crippen molar-refractivity contribution in [3.05, 3.63) is 17.5 Å². The second kappa shape index (κ2) is 3.39. The van der Waals surface area contributed by atoms with Gasteiger partial charge in [0.2, 0.25) is 5.00 Å². The van der Waals surface area contributed by atoms with Crippen molar-refractivity contribution in [1.29, 1.82) is 0 Å². The van der Waals surface area contributed by atoms with E-state index in [-0.39, 0.29) is 5.30 Å². The molecule has 0 aliphatic rings. The number of carbonyl (C=O) groups is 1. The summed E-state index contributed by atoms with van der Waals surface area (Å²) in [7, 11) is -0.619. The number of nitrogen functional groups attached to an aromatic ring is 1. The van der Waals surface area contributed by atoms with E-state index in [1.165, 1.54) is 0 Å². The van der Waals surface area contributed by atoms with Crippen molar-refractivity contribution in [3.63, 3.8) is 0 Å². The topological polar surface area (TPSA) is 52.3 Å². The third-order valence-corrected chi connectivity index (χ3v) is 2.72. The Labute approximate surface area is 67.7 Å². The lowest BCUT2D eigenvalue weighted by Gasteiger charge is -1.90. The van der Waals surface area contributed by atoms with Crippen LogP contribution >= 0.6 is 10.5 Å². The molecule has 0 bridgehead atoms. The van der Waals surface area contributed by atoms with Gasteiger partial charge in [-0.1, -0.05) is 0 Å². The lowest BCUT2D eigenvalue weighted by molar-refractivity contribution is 0.180. The van der Waals surface area contributed by atoms with E-state index < -0.39 is 10.5 Å². The van der Waals surface area contributed by atoms with Gasteiger partial charge in [0.15, 0.2) is 5.38 Å². The van der Waals surface area contributed by atoms with Crippen LogP contribution in [0.1, 0.15) is 6.92 Å². The molecular weight excluding hydrogens is 162 g/mol. The van der Waals surface area contributed by atoms with Gasteiger partial charge in [-0.25, -0.2) is 0 Å². The first-order valence-corrected chi connectivity index (χ1v) is 4.58. The molecule has 0 aromatic carbocycles. The molecule has 0 saturated heterocycles. The molecule has 1 aromatic heterocycles. The maximum atomic E-state index is 11.1. The van der Waals surface area contributed by atoms with E-state index in [1.54, 1.807) is 24.4 Å². The minimum atomic E-state index is -0.619. The molecular formula is C7H10NO2S+. The predicted molar refractivity (Wildman–Crippen MR) is 45.8 cm³/mol. The maximum Gasteiger partial charge on any atom is 0.556 e. The lowest BCUT2D eigenvalue weighted by atomic mass is 10.6. The summed E-state index contributed by atoms with van der Waals surface area (Å²) in [5.41, 5.74) is 5.52. The Morgan fingerprint density at radius 2 is 2.55 bits per heavy atom. The number of ether oxygens (including phenoxy) is 1. The van der Waals surface area contributed by atoms with Crippen LogP contribution in [-0.4, -0.2) is 11.9 Å². The second-order valence-corrected chi connectivity index (χ2v) is 3.67. The third kappa shape index (κ3) is 1.71. The zero-order valence-corrected chi connectivity index (χ0v) is 7.06. The Morgan fingerprint density at radius 3 is 3.00 bits per heavy atom. The van der Waals surface area contributed by atoms with Gasteiger partial charge in [-0.2, -0.15) is 4.79 Å². The van der Waals surface area contributed by atoms with E-state index in [1.807, 2.05) is 0 Å². The smallest absolute Gasteiger partial charge is 0.422 e. The van der Waals surface area contributed by atoms with Crippen molar-refractivity contribution in [2.75, 3.05) is 12.3 Å². The molecule has 2 N–H and O–H groups in total. The molecule has 4 heteroatoms. The van der Waals surface area contributed by atoms with E-state index in [2.05, 4.69) is 0 Å². The molecule has 0 aliphatic carbocycles. The zero-order valence-electron chi connectivity index (χ0n) is 6.24. The zero-order chi connectivity index (χ0) is 8.27. The quantitative estimate of drug-likeness (QED) is 0.548. The summed E-state index contributed by atoms with van der Waals surface area (Å²) >= 11 is 0. The fourth-order valence-corrected chi connectivity index (χ4v) is 1.86.